The SMILES string of the molecule is CCNCC(=O)N1CCC(C(=O)O)C1C. The number of nitrogens with one attached hydrogen (secondary N) is 1. The number of nitrogens with zero attached hydrogens (tertiary/aromatic N) is 1. The lowest BCUT2D eigenvalue weighted by molar-refractivity contribution is -0.142. The van der Waals surface area contributed by atoms with Crippen LogP contribution in [0, 0.1) is 5.92 Å². The maximum Gasteiger partial charge on any atom is 0.308 e. The highest BCUT2D eigenvalue weighted by Gasteiger charge is 2.37. The molecule has 1 amide bonds. The third-order valence-electron chi connectivity index (χ3n) is 2.92. The Hall–Kier alpha value is -1.10. The van der Waals surface area contributed by atoms with Crippen molar-refractivity contribution in [2.24, 2.45) is 5.92 Å². The van der Waals surface area contributed by atoms with Gasteiger partial charge >= 0.3 is 5.97 Å². The van der Waals surface area contributed by atoms with Crippen LogP contribution < -0.4 is 5.32 Å². The van der Waals surface area contributed by atoms with Crippen LogP contribution in [0.3, 0.4) is 0 Å². The third kappa shape index (κ3) is 2.68. The lowest BCUT2D eigenvalue weighted by atomic mass is 10.0. The van der Waals surface area contributed by atoms with E-state index in [0.29, 0.717) is 19.5 Å². The molecular weight excluding hydrogens is 196 g/mol. The number of carboxylic acid groups (broad SMARTS) is 1. The van der Waals surface area contributed by atoms with E-state index in [1.165, 1.54) is 0 Å². The number of hydrogen-bond acceptors (Lipinski definition) is 3. The van der Waals surface area contributed by atoms with Gasteiger partial charge in [0.25, 0.3) is 0 Å². The fraction of sp³-hybridized carbons (Fsp3) is 0.800. The van der Waals surface area contributed by atoms with E-state index < -0.39 is 11.9 Å². The Kier molecular flexibility index (Phi) is 4.08. The summed E-state index contributed by atoms with van der Waals surface area (Å²) in [4.78, 5) is 24.1. The fourth-order valence-corrected chi connectivity index (χ4v) is 1.96. The predicted octanol–water partition coefficient (Wildman–Crippen LogP) is -0.0825. The molecular formula is C10H18N2O3. The van der Waals surface area contributed by atoms with Gasteiger partial charge in [0.2, 0.25) is 5.91 Å². The zero-order chi connectivity index (χ0) is 11.4. The molecule has 1 saturated heterocycles. The Labute approximate surface area is 89.4 Å². The molecule has 0 saturated carbocycles. The molecule has 0 aromatic carbocycles. The molecule has 2 atom stereocenters. The normalized spacial score (nSPS) is 25.6. The van der Waals surface area contributed by atoms with Gasteiger partial charge in [0.05, 0.1) is 12.5 Å². The Morgan fingerprint density at radius 1 is 1.53 bits per heavy atom. The smallest absolute Gasteiger partial charge is 0.308 e. The highest BCUT2D eigenvalue weighted by Crippen LogP contribution is 2.23. The van der Waals surface area contributed by atoms with Crippen LogP contribution in [-0.4, -0.2) is 47.6 Å². The largest absolute Gasteiger partial charge is 0.481 e. The summed E-state index contributed by atoms with van der Waals surface area (Å²) in [5.74, 6) is -1.22. The van der Waals surface area contributed by atoms with Gasteiger partial charge < -0.3 is 15.3 Å². The molecule has 1 aliphatic heterocycles. The standard InChI is InChI=1S/C10H18N2O3/c1-3-11-6-9(13)12-5-4-8(7(12)2)10(14)15/h7-8,11H,3-6H2,1-2H3,(H,14,15). The van der Waals surface area contributed by atoms with Crippen LogP contribution in [0.15, 0.2) is 0 Å². The number of rotatable bonds is 4. The van der Waals surface area contributed by atoms with Crippen molar-refractivity contribution in [3.8, 4) is 0 Å². The maximum atomic E-state index is 11.7. The molecule has 15 heavy (non-hydrogen) atoms. The molecule has 1 heterocycles. The van der Waals surface area contributed by atoms with E-state index >= 15 is 0 Å². The summed E-state index contributed by atoms with van der Waals surface area (Å²) in [7, 11) is 0. The lowest BCUT2D eigenvalue weighted by Gasteiger charge is -2.23. The second kappa shape index (κ2) is 5.11. The van der Waals surface area contributed by atoms with E-state index in [0.717, 1.165) is 6.54 Å². The van der Waals surface area contributed by atoms with E-state index in [1.807, 2.05) is 6.92 Å². The zero-order valence-electron chi connectivity index (χ0n) is 9.19. The minimum absolute atomic E-state index is 0.00639. The van der Waals surface area contributed by atoms with Gasteiger partial charge in [-0.25, -0.2) is 0 Å². The Morgan fingerprint density at radius 3 is 2.67 bits per heavy atom. The molecule has 1 fully saturated rings. The van der Waals surface area contributed by atoms with Crippen molar-refractivity contribution in [1.29, 1.82) is 0 Å². The second-order valence-corrected chi connectivity index (χ2v) is 3.84. The van der Waals surface area contributed by atoms with Crippen LogP contribution in [0.5, 0.6) is 0 Å². The highest BCUT2D eigenvalue weighted by molar-refractivity contribution is 5.81. The predicted molar refractivity (Wildman–Crippen MR) is 55.5 cm³/mol. The average Bonchev–Trinajstić information content (AvgIpc) is 2.56. The zero-order valence-corrected chi connectivity index (χ0v) is 9.19. The van der Waals surface area contributed by atoms with Crippen LogP contribution >= 0.6 is 0 Å². The Morgan fingerprint density at radius 2 is 2.20 bits per heavy atom. The monoisotopic (exact) mass is 214 g/mol. The second-order valence-electron chi connectivity index (χ2n) is 3.84. The summed E-state index contributed by atoms with van der Waals surface area (Å²) in [6.45, 7) is 5.34. The van der Waals surface area contributed by atoms with Crippen molar-refractivity contribution in [2.45, 2.75) is 26.3 Å². The average molecular weight is 214 g/mol. The van der Waals surface area contributed by atoms with Gasteiger partial charge in [0.1, 0.15) is 0 Å². The van der Waals surface area contributed by atoms with E-state index in [4.69, 9.17) is 5.11 Å². The van der Waals surface area contributed by atoms with Crippen molar-refractivity contribution in [1.82, 2.24) is 10.2 Å². The maximum absolute atomic E-state index is 11.7. The molecule has 1 aliphatic rings. The van der Waals surface area contributed by atoms with Crippen LogP contribution in [0.4, 0.5) is 0 Å². The number of carbonyl (C=O) groups is 2. The number of hydrogen-bond donors (Lipinski definition) is 2. The van der Waals surface area contributed by atoms with Crippen molar-refractivity contribution in [2.75, 3.05) is 19.6 Å². The van der Waals surface area contributed by atoms with E-state index in [9.17, 15) is 9.59 Å². The molecule has 2 unspecified atom stereocenters. The molecule has 0 spiro atoms. The van der Waals surface area contributed by atoms with E-state index in [-0.39, 0.29) is 11.9 Å². The van der Waals surface area contributed by atoms with Crippen molar-refractivity contribution >= 4 is 11.9 Å². The summed E-state index contributed by atoms with van der Waals surface area (Å²) in [5.41, 5.74) is 0. The van der Waals surface area contributed by atoms with Gasteiger partial charge in [-0.2, -0.15) is 0 Å². The van der Waals surface area contributed by atoms with Crippen LogP contribution in [0.1, 0.15) is 20.3 Å². The topological polar surface area (TPSA) is 69.6 Å². The van der Waals surface area contributed by atoms with Gasteiger partial charge in [-0.15, -0.1) is 0 Å². The van der Waals surface area contributed by atoms with Gasteiger partial charge in [-0.1, -0.05) is 6.92 Å². The summed E-state index contributed by atoms with van der Waals surface area (Å²) in [5, 5.41) is 11.9. The molecule has 0 bridgehead atoms. The molecule has 2 N–H and O–H groups in total. The highest BCUT2D eigenvalue weighted by atomic mass is 16.4. The first-order chi connectivity index (χ1) is 7.07. The van der Waals surface area contributed by atoms with Gasteiger partial charge in [-0.3, -0.25) is 9.59 Å². The minimum Gasteiger partial charge on any atom is -0.481 e. The number of likely N-dealkylation sites (N-methyl/N-ethyl adjacent to an activating group) is 1. The third-order valence-corrected chi connectivity index (χ3v) is 2.92. The van der Waals surface area contributed by atoms with Crippen LogP contribution in [0.2, 0.25) is 0 Å². The number of likely N-dealkylation sites (tertiary alicyclic amines) is 1. The van der Waals surface area contributed by atoms with Crippen LogP contribution in [-0.2, 0) is 9.59 Å². The molecule has 5 nitrogen and oxygen atoms in total. The lowest BCUT2D eigenvalue weighted by Crippen LogP contribution is -2.42. The number of carbonyl (C=O) groups excluding carboxylic acids is 1. The number of amides is 1. The fourth-order valence-electron chi connectivity index (χ4n) is 1.96. The first-order valence-corrected chi connectivity index (χ1v) is 5.31. The summed E-state index contributed by atoms with van der Waals surface area (Å²) >= 11 is 0. The molecule has 1 rings (SSSR count). The first-order valence-electron chi connectivity index (χ1n) is 5.31. The first kappa shape index (κ1) is 12.0. The Bertz CT molecular complexity index is 255. The van der Waals surface area contributed by atoms with Gasteiger partial charge in [0.15, 0.2) is 0 Å². The van der Waals surface area contributed by atoms with Crippen molar-refractivity contribution in [3.05, 3.63) is 0 Å². The van der Waals surface area contributed by atoms with Crippen LogP contribution in [0.25, 0.3) is 0 Å². The quantitative estimate of drug-likeness (QED) is 0.686. The molecule has 0 aliphatic carbocycles. The summed E-state index contributed by atoms with van der Waals surface area (Å²) < 4.78 is 0. The molecule has 0 aromatic rings. The summed E-state index contributed by atoms with van der Waals surface area (Å²) in [6.07, 6.45) is 0.564. The Balaban J connectivity index is 2.51. The molecule has 5 heteroatoms. The molecule has 0 radical (unpaired) electrons. The van der Waals surface area contributed by atoms with E-state index in [2.05, 4.69) is 5.32 Å². The molecule has 86 valence electrons. The number of carboxylic acids is 1. The van der Waals surface area contributed by atoms with Gasteiger partial charge in [0, 0.05) is 12.6 Å². The number of aliphatic carboxylic acids is 1. The van der Waals surface area contributed by atoms with E-state index in [1.54, 1.807) is 11.8 Å². The van der Waals surface area contributed by atoms with Crippen molar-refractivity contribution in [3.63, 3.8) is 0 Å². The molecule has 0 aromatic heterocycles. The van der Waals surface area contributed by atoms with Gasteiger partial charge in [-0.05, 0) is 19.9 Å². The van der Waals surface area contributed by atoms with Crippen molar-refractivity contribution < 1.29 is 14.7 Å². The minimum atomic E-state index is -0.804. The summed E-state index contributed by atoms with van der Waals surface area (Å²) in [6, 6.07) is -0.186.